The number of carbonyl (C=O) groups excluding carboxylic acids is 1. The van der Waals surface area contributed by atoms with Crippen molar-refractivity contribution in [3.8, 4) is 11.3 Å². The first-order chi connectivity index (χ1) is 9.60. The van der Waals surface area contributed by atoms with Gasteiger partial charge >= 0.3 is 0 Å². The van der Waals surface area contributed by atoms with Gasteiger partial charge in [-0.3, -0.25) is 4.79 Å². The molecule has 4 nitrogen and oxygen atoms in total. The van der Waals surface area contributed by atoms with Crippen molar-refractivity contribution in [2.45, 2.75) is 13.3 Å². The fraction of sp³-hybridized carbons (Fsp3) is 0.333. The lowest BCUT2D eigenvalue weighted by Crippen LogP contribution is -2.30. The third kappa shape index (κ3) is 3.65. The van der Waals surface area contributed by atoms with E-state index in [-0.39, 0.29) is 12.5 Å². The molecule has 2 rings (SSSR count). The molecule has 0 saturated heterocycles. The number of hydrogen-bond acceptors (Lipinski definition) is 4. The maximum atomic E-state index is 11.9. The van der Waals surface area contributed by atoms with Gasteiger partial charge in [-0.2, -0.15) is 0 Å². The van der Waals surface area contributed by atoms with Gasteiger partial charge in [0.05, 0.1) is 23.7 Å². The quantitative estimate of drug-likeness (QED) is 0.917. The molecule has 0 bridgehead atoms. The highest BCUT2D eigenvalue weighted by atomic mass is 32.1. The van der Waals surface area contributed by atoms with E-state index >= 15 is 0 Å². The monoisotopic (exact) mass is 290 g/mol. The van der Waals surface area contributed by atoms with E-state index in [2.05, 4.69) is 4.98 Å². The fourth-order valence-electron chi connectivity index (χ4n) is 1.87. The molecule has 5 heteroatoms. The van der Waals surface area contributed by atoms with Crippen molar-refractivity contribution >= 4 is 17.2 Å². The topological polar surface area (TPSA) is 53.4 Å². The van der Waals surface area contributed by atoms with Gasteiger partial charge in [-0.15, -0.1) is 11.3 Å². The minimum Gasteiger partial charge on any atom is -0.395 e. The summed E-state index contributed by atoms with van der Waals surface area (Å²) in [6, 6.07) is 7.88. The van der Waals surface area contributed by atoms with Crippen LogP contribution in [-0.4, -0.2) is 41.1 Å². The Morgan fingerprint density at radius 2 is 2.05 bits per heavy atom. The van der Waals surface area contributed by atoms with Gasteiger partial charge in [-0.25, -0.2) is 4.98 Å². The number of aryl methyl sites for hydroxylation is 1. The standard InChI is InChI=1S/C15H18N2O2S/c1-11-16-14(10-20-11)13-5-3-12(4-6-13)9-15(19)17(2)7-8-18/h3-6,10,18H,7-9H2,1-2H3. The van der Waals surface area contributed by atoms with Gasteiger partial charge in [0.25, 0.3) is 0 Å². The zero-order chi connectivity index (χ0) is 14.5. The molecule has 0 saturated carbocycles. The minimum atomic E-state index is -0.00957. The molecule has 1 heterocycles. The fourth-order valence-corrected chi connectivity index (χ4v) is 2.50. The van der Waals surface area contributed by atoms with Gasteiger partial charge in [0.15, 0.2) is 0 Å². The van der Waals surface area contributed by atoms with Crippen molar-refractivity contribution in [2.24, 2.45) is 0 Å². The average molecular weight is 290 g/mol. The second kappa shape index (κ2) is 6.63. The maximum absolute atomic E-state index is 11.9. The summed E-state index contributed by atoms with van der Waals surface area (Å²) in [7, 11) is 1.70. The van der Waals surface area contributed by atoms with Crippen LogP contribution in [0, 0.1) is 6.92 Å². The van der Waals surface area contributed by atoms with Crippen LogP contribution in [0.5, 0.6) is 0 Å². The number of hydrogen-bond donors (Lipinski definition) is 1. The van der Waals surface area contributed by atoms with Gasteiger partial charge in [0, 0.05) is 24.5 Å². The van der Waals surface area contributed by atoms with Crippen molar-refractivity contribution in [3.63, 3.8) is 0 Å². The van der Waals surface area contributed by atoms with Crippen molar-refractivity contribution in [3.05, 3.63) is 40.2 Å². The van der Waals surface area contributed by atoms with E-state index in [1.54, 1.807) is 18.4 Å². The number of benzene rings is 1. The van der Waals surface area contributed by atoms with E-state index in [1.807, 2.05) is 36.6 Å². The molecule has 106 valence electrons. The number of rotatable bonds is 5. The number of thiazole rings is 1. The number of aliphatic hydroxyl groups excluding tert-OH is 1. The molecular weight excluding hydrogens is 272 g/mol. The SMILES string of the molecule is Cc1nc(-c2ccc(CC(=O)N(C)CCO)cc2)cs1. The van der Waals surface area contributed by atoms with E-state index < -0.39 is 0 Å². The van der Waals surface area contributed by atoms with Crippen molar-refractivity contribution in [2.75, 3.05) is 20.2 Å². The normalized spacial score (nSPS) is 10.6. The Morgan fingerprint density at radius 1 is 1.35 bits per heavy atom. The first-order valence-corrected chi connectivity index (χ1v) is 7.34. The summed E-state index contributed by atoms with van der Waals surface area (Å²) in [4.78, 5) is 17.8. The number of nitrogens with zero attached hydrogens (tertiary/aromatic N) is 2. The average Bonchev–Trinajstić information content (AvgIpc) is 2.86. The Balaban J connectivity index is 2.03. The molecular formula is C15H18N2O2S. The highest BCUT2D eigenvalue weighted by Gasteiger charge is 2.09. The van der Waals surface area contributed by atoms with Crippen molar-refractivity contribution in [1.29, 1.82) is 0 Å². The minimum absolute atomic E-state index is 0.00957. The predicted molar refractivity (Wildman–Crippen MR) is 80.7 cm³/mol. The molecule has 0 unspecified atom stereocenters. The van der Waals surface area contributed by atoms with E-state index in [1.165, 1.54) is 4.90 Å². The van der Waals surface area contributed by atoms with Crippen LogP contribution >= 0.6 is 11.3 Å². The van der Waals surface area contributed by atoms with Crippen LogP contribution in [0.25, 0.3) is 11.3 Å². The molecule has 0 aliphatic carbocycles. The summed E-state index contributed by atoms with van der Waals surface area (Å²) in [5.74, 6) is 0.0105. The molecule has 0 spiro atoms. The van der Waals surface area contributed by atoms with E-state index in [0.29, 0.717) is 13.0 Å². The molecule has 0 aliphatic rings. The Bertz CT molecular complexity index is 578. The molecule has 0 fully saturated rings. The van der Waals surface area contributed by atoms with Gasteiger partial charge in [0.1, 0.15) is 0 Å². The molecule has 1 aromatic carbocycles. The van der Waals surface area contributed by atoms with Crippen LogP contribution in [-0.2, 0) is 11.2 Å². The maximum Gasteiger partial charge on any atom is 0.226 e. The molecule has 1 N–H and O–H groups in total. The van der Waals surface area contributed by atoms with Crippen LogP contribution in [0.1, 0.15) is 10.6 Å². The Kier molecular flexibility index (Phi) is 4.87. The molecule has 20 heavy (non-hydrogen) atoms. The second-order valence-electron chi connectivity index (χ2n) is 4.66. The number of aliphatic hydroxyl groups is 1. The van der Waals surface area contributed by atoms with Gasteiger partial charge in [-0.1, -0.05) is 24.3 Å². The van der Waals surface area contributed by atoms with Crippen LogP contribution in [0.3, 0.4) is 0 Å². The summed E-state index contributed by atoms with van der Waals surface area (Å²) in [6.07, 6.45) is 0.354. The molecule has 2 aromatic rings. The van der Waals surface area contributed by atoms with Gasteiger partial charge in [-0.05, 0) is 12.5 Å². The van der Waals surface area contributed by atoms with Gasteiger partial charge in [0.2, 0.25) is 5.91 Å². The largest absolute Gasteiger partial charge is 0.395 e. The summed E-state index contributed by atoms with van der Waals surface area (Å²) in [6.45, 7) is 2.34. The van der Waals surface area contributed by atoms with Crippen molar-refractivity contribution in [1.82, 2.24) is 9.88 Å². The van der Waals surface area contributed by atoms with Crippen LogP contribution in [0.2, 0.25) is 0 Å². The second-order valence-corrected chi connectivity index (χ2v) is 5.73. The van der Waals surface area contributed by atoms with E-state index in [9.17, 15) is 4.79 Å². The van der Waals surface area contributed by atoms with Crippen LogP contribution < -0.4 is 0 Å². The molecule has 1 aromatic heterocycles. The van der Waals surface area contributed by atoms with Crippen molar-refractivity contribution < 1.29 is 9.90 Å². The smallest absolute Gasteiger partial charge is 0.226 e. The summed E-state index contributed by atoms with van der Waals surface area (Å²) in [5.41, 5.74) is 3.01. The highest BCUT2D eigenvalue weighted by Crippen LogP contribution is 2.21. The highest BCUT2D eigenvalue weighted by molar-refractivity contribution is 7.09. The lowest BCUT2D eigenvalue weighted by molar-refractivity contribution is -0.129. The third-order valence-electron chi connectivity index (χ3n) is 3.09. The van der Waals surface area contributed by atoms with E-state index in [4.69, 9.17) is 5.11 Å². The molecule has 0 aliphatic heterocycles. The Hall–Kier alpha value is -1.72. The van der Waals surface area contributed by atoms with Crippen LogP contribution in [0.15, 0.2) is 29.6 Å². The summed E-state index contributed by atoms with van der Waals surface area (Å²) < 4.78 is 0. The zero-order valence-electron chi connectivity index (χ0n) is 11.7. The Labute approximate surface area is 122 Å². The lowest BCUT2D eigenvalue weighted by Gasteiger charge is -2.15. The number of aromatic nitrogens is 1. The molecule has 1 amide bonds. The third-order valence-corrected chi connectivity index (χ3v) is 3.86. The number of amides is 1. The Morgan fingerprint density at radius 3 is 2.60 bits per heavy atom. The number of likely N-dealkylation sites (N-methyl/N-ethyl adjacent to an activating group) is 1. The molecule has 0 radical (unpaired) electrons. The number of carbonyl (C=O) groups is 1. The summed E-state index contributed by atoms with van der Waals surface area (Å²) >= 11 is 1.63. The predicted octanol–water partition coefficient (Wildman–Crippen LogP) is 2.11. The van der Waals surface area contributed by atoms with Gasteiger partial charge < -0.3 is 10.0 Å². The molecule has 0 atom stereocenters. The van der Waals surface area contributed by atoms with E-state index in [0.717, 1.165) is 21.8 Å². The summed E-state index contributed by atoms with van der Waals surface area (Å²) in [5, 5.41) is 11.9. The zero-order valence-corrected chi connectivity index (χ0v) is 12.5. The lowest BCUT2D eigenvalue weighted by atomic mass is 10.1. The first kappa shape index (κ1) is 14.7. The van der Waals surface area contributed by atoms with Crippen LogP contribution in [0.4, 0.5) is 0 Å². The first-order valence-electron chi connectivity index (χ1n) is 6.46.